The second kappa shape index (κ2) is 8.62. The lowest BCUT2D eigenvalue weighted by molar-refractivity contribution is -0.139. The third-order valence-electron chi connectivity index (χ3n) is 2.33. The smallest absolute Gasteiger partial charge is 0.302 e. The van der Waals surface area contributed by atoms with Crippen molar-refractivity contribution in [3.63, 3.8) is 0 Å². The third kappa shape index (κ3) is 8.31. The molecule has 0 aliphatic heterocycles. The van der Waals surface area contributed by atoms with Crippen molar-refractivity contribution in [1.29, 1.82) is 0 Å². The van der Waals surface area contributed by atoms with Crippen LogP contribution in [0.1, 0.15) is 33.6 Å². The molecule has 3 nitrogen and oxygen atoms in total. The van der Waals surface area contributed by atoms with Crippen LogP contribution in [0.4, 0.5) is 0 Å². The SMILES string of the molecule is C=COC(CC/C(C)=C/COC(C)=O)C(=C)C. The van der Waals surface area contributed by atoms with Crippen LogP contribution in [0.2, 0.25) is 0 Å². The van der Waals surface area contributed by atoms with Gasteiger partial charge in [-0.3, -0.25) is 4.79 Å². The van der Waals surface area contributed by atoms with Gasteiger partial charge in [0.05, 0.1) is 6.26 Å². The van der Waals surface area contributed by atoms with Gasteiger partial charge in [-0.1, -0.05) is 18.7 Å². The van der Waals surface area contributed by atoms with Crippen molar-refractivity contribution < 1.29 is 14.3 Å². The lowest BCUT2D eigenvalue weighted by atomic mass is 10.0. The van der Waals surface area contributed by atoms with Gasteiger partial charge >= 0.3 is 5.97 Å². The van der Waals surface area contributed by atoms with E-state index in [0.717, 1.165) is 18.4 Å². The largest absolute Gasteiger partial charge is 0.494 e. The Kier molecular flexibility index (Phi) is 7.85. The summed E-state index contributed by atoms with van der Waals surface area (Å²) in [5.74, 6) is -0.260. The number of carbonyl (C=O) groups excluding carboxylic acids is 1. The fourth-order valence-corrected chi connectivity index (χ4v) is 1.31. The summed E-state index contributed by atoms with van der Waals surface area (Å²) >= 11 is 0. The van der Waals surface area contributed by atoms with Crippen molar-refractivity contribution in [1.82, 2.24) is 0 Å². The first-order chi connectivity index (χ1) is 7.97. The van der Waals surface area contributed by atoms with Crippen LogP contribution >= 0.6 is 0 Å². The van der Waals surface area contributed by atoms with Crippen LogP contribution < -0.4 is 0 Å². The van der Waals surface area contributed by atoms with Crippen LogP contribution in [-0.2, 0) is 14.3 Å². The molecule has 0 rings (SSSR count). The minimum atomic E-state index is -0.260. The third-order valence-corrected chi connectivity index (χ3v) is 2.33. The first-order valence-corrected chi connectivity index (χ1v) is 5.68. The molecule has 96 valence electrons. The van der Waals surface area contributed by atoms with E-state index in [1.54, 1.807) is 0 Å². The van der Waals surface area contributed by atoms with Gasteiger partial charge in [-0.05, 0) is 38.3 Å². The molecule has 0 amide bonds. The van der Waals surface area contributed by atoms with Gasteiger partial charge in [0, 0.05) is 6.92 Å². The predicted molar refractivity (Wildman–Crippen MR) is 69.5 cm³/mol. The van der Waals surface area contributed by atoms with Crippen molar-refractivity contribution >= 4 is 5.97 Å². The maximum absolute atomic E-state index is 10.6. The van der Waals surface area contributed by atoms with E-state index in [1.165, 1.54) is 18.8 Å². The molecule has 0 aromatic rings. The highest BCUT2D eigenvalue weighted by Gasteiger charge is 2.08. The van der Waals surface area contributed by atoms with Crippen LogP contribution in [0.15, 0.2) is 36.6 Å². The average Bonchev–Trinajstić information content (AvgIpc) is 2.23. The van der Waals surface area contributed by atoms with E-state index < -0.39 is 0 Å². The number of allylic oxidation sites excluding steroid dienone is 1. The van der Waals surface area contributed by atoms with Gasteiger partial charge in [-0.2, -0.15) is 0 Å². The Morgan fingerprint density at radius 1 is 1.35 bits per heavy atom. The molecule has 0 aromatic heterocycles. The maximum atomic E-state index is 10.6. The molecule has 0 aromatic carbocycles. The molecule has 1 unspecified atom stereocenters. The van der Waals surface area contributed by atoms with Gasteiger partial charge in [0.2, 0.25) is 0 Å². The number of ether oxygens (including phenoxy) is 2. The monoisotopic (exact) mass is 238 g/mol. The summed E-state index contributed by atoms with van der Waals surface area (Å²) in [6.45, 7) is 13.1. The van der Waals surface area contributed by atoms with Crippen molar-refractivity contribution in [3.05, 3.63) is 36.6 Å². The first-order valence-electron chi connectivity index (χ1n) is 5.68. The van der Waals surface area contributed by atoms with E-state index >= 15 is 0 Å². The summed E-state index contributed by atoms with van der Waals surface area (Å²) in [5, 5.41) is 0. The number of hydrogen-bond acceptors (Lipinski definition) is 3. The van der Waals surface area contributed by atoms with Crippen molar-refractivity contribution in [3.8, 4) is 0 Å². The summed E-state index contributed by atoms with van der Waals surface area (Å²) in [6, 6.07) is 0. The van der Waals surface area contributed by atoms with E-state index in [0.29, 0.717) is 6.61 Å². The van der Waals surface area contributed by atoms with E-state index in [4.69, 9.17) is 9.47 Å². The molecule has 0 heterocycles. The predicted octanol–water partition coefficient (Wildman–Crippen LogP) is 3.38. The summed E-state index contributed by atoms with van der Waals surface area (Å²) in [6.07, 6.45) is 5.09. The molecule has 0 fully saturated rings. The van der Waals surface area contributed by atoms with Gasteiger partial charge < -0.3 is 9.47 Å². The second-order valence-electron chi connectivity index (χ2n) is 4.03. The highest BCUT2D eigenvalue weighted by molar-refractivity contribution is 5.66. The summed E-state index contributed by atoms with van der Waals surface area (Å²) in [4.78, 5) is 10.6. The lowest BCUT2D eigenvalue weighted by Gasteiger charge is -2.16. The van der Waals surface area contributed by atoms with Gasteiger partial charge in [-0.25, -0.2) is 0 Å². The van der Waals surface area contributed by atoms with Crippen LogP contribution in [0.25, 0.3) is 0 Å². The van der Waals surface area contributed by atoms with E-state index in [9.17, 15) is 4.79 Å². The second-order valence-corrected chi connectivity index (χ2v) is 4.03. The summed E-state index contributed by atoms with van der Waals surface area (Å²) in [5.41, 5.74) is 2.16. The van der Waals surface area contributed by atoms with E-state index in [2.05, 4.69) is 13.2 Å². The molecule has 0 spiro atoms. The molecular formula is C14H22O3. The Bertz CT molecular complexity index is 303. The minimum absolute atomic E-state index is 0.00424. The zero-order valence-corrected chi connectivity index (χ0v) is 11.0. The Labute approximate surface area is 104 Å². The molecule has 0 saturated heterocycles. The van der Waals surface area contributed by atoms with Crippen molar-refractivity contribution in [2.45, 2.75) is 39.7 Å². The van der Waals surface area contributed by atoms with Gasteiger partial charge in [0.1, 0.15) is 12.7 Å². The van der Waals surface area contributed by atoms with Gasteiger partial charge in [0.15, 0.2) is 0 Å². The van der Waals surface area contributed by atoms with Crippen LogP contribution in [-0.4, -0.2) is 18.7 Å². The number of rotatable bonds is 8. The Morgan fingerprint density at radius 3 is 2.47 bits per heavy atom. The van der Waals surface area contributed by atoms with E-state index in [-0.39, 0.29) is 12.1 Å². The number of carbonyl (C=O) groups is 1. The minimum Gasteiger partial charge on any atom is -0.494 e. The highest BCUT2D eigenvalue weighted by atomic mass is 16.5. The fraction of sp³-hybridized carbons (Fsp3) is 0.500. The maximum Gasteiger partial charge on any atom is 0.302 e. The standard InChI is InChI=1S/C14H22O3/c1-6-16-14(11(2)3)8-7-12(4)9-10-17-13(5)15/h6,9,14H,1-2,7-8,10H2,3-5H3/b12-9+. The van der Waals surface area contributed by atoms with Crippen LogP contribution in [0.5, 0.6) is 0 Å². The molecule has 17 heavy (non-hydrogen) atoms. The van der Waals surface area contributed by atoms with Crippen molar-refractivity contribution in [2.24, 2.45) is 0 Å². The Hall–Kier alpha value is -1.51. The Morgan fingerprint density at radius 2 is 2.00 bits per heavy atom. The first kappa shape index (κ1) is 15.5. The molecule has 0 aliphatic rings. The summed E-state index contributed by atoms with van der Waals surface area (Å²) in [7, 11) is 0. The van der Waals surface area contributed by atoms with Crippen LogP contribution in [0.3, 0.4) is 0 Å². The topological polar surface area (TPSA) is 35.5 Å². The van der Waals surface area contributed by atoms with Gasteiger partial charge in [-0.15, -0.1) is 0 Å². The lowest BCUT2D eigenvalue weighted by Crippen LogP contribution is -2.10. The van der Waals surface area contributed by atoms with Gasteiger partial charge in [0.25, 0.3) is 0 Å². The van der Waals surface area contributed by atoms with Crippen LogP contribution in [0, 0.1) is 0 Å². The zero-order chi connectivity index (χ0) is 13.3. The molecule has 3 heteroatoms. The molecule has 0 aliphatic carbocycles. The fourth-order valence-electron chi connectivity index (χ4n) is 1.31. The molecule has 0 N–H and O–H groups in total. The highest BCUT2D eigenvalue weighted by Crippen LogP contribution is 2.15. The molecular weight excluding hydrogens is 216 g/mol. The van der Waals surface area contributed by atoms with E-state index in [1.807, 2.05) is 19.9 Å². The van der Waals surface area contributed by atoms with Crippen molar-refractivity contribution in [2.75, 3.05) is 6.61 Å². The average molecular weight is 238 g/mol. The molecule has 1 atom stereocenters. The molecule has 0 saturated carbocycles. The molecule has 0 bridgehead atoms. The number of hydrogen-bond donors (Lipinski definition) is 0. The number of esters is 1. The zero-order valence-electron chi connectivity index (χ0n) is 11.0. The summed E-state index contributed by atoms with van der Waals surface area (Å²) < 4.78 is 10.2. The quantitative estimate of drug-likeness (QED) is 0.369. The molecule has 0 radical (unpaired) electrons. The Balaban J connectivity index is 4.02. The normalized spacial score (nSPS) is 12.8.